The summed E-state index contributed by atoms with van der Waals surface area (Å²) in [6.07, 6.45) is 1.44. The zero-order chi connectivity index (χ0) is 17.6. The fraction of sp³-hybridized carbons (Fsp3) is 0.500. The summed E-state index contributed by atoms with van der Waals surface area (Å²) in [7, 11) is -3.28. The molecule has 2 aliphatic rings. The third-order valence-electron chi connectivity index (χ3n) is 4.61. The molecule has 0 unspecified atom stereocenters. The van der Waals surface area contributed by atoms with Gasteiger partial charge in [0.1, 0.15) is 11.9 Å². The molecule has 7 nitrogen and oxygen atoms in total. The van der Waals surface area contributed by atoms with Gasteiger partial charge in [-0.25, -0.2) is 12.8 Å². The first-order valence-electron chi connectivity index (χ1n) is 8.07. The molecule has 0 spiro atoms. The summed E-state index contributed by atoms with van der Waals surface area (Å²) in [6.45, 7) is 0.768. The lowest BCUT2D eigenvalue weighted by Crippen LogP contribution is -2.41. The van der Waals surface area contributed by atoms with Crippen molar-refractivity contribution in [3.8, 4) is 0 Å². The van der Waals surface area contributed by atoms with E-state index >= 15 is 0 Å². The van der Waals surface area contributed by atoms with E-state index < -0.39 is 16.1 Å². The maximum atomic E-state index is 13.3. The largest absolute Gasteiger partial charge is 0.422 e. The second-order valence-electron chi connectivity index (χ2n) is 6.46. The molecule has 1 saturated heterocycles. The normalized spacial score (nSPS) is 27.4. The number of morpholine rings is 1. The molecule has 0 amide bonds. The van der Waals surface area contributed by atoms with E-state index in [1.807, 2.05) is 6.07 Å². The molecule has 1 aromatic carbocycles. The average Bonchev–Trinajstić information content (AvgIpc) is 3.23. The third-order valence-corrected chi connectivity index (χ3v) is 5.88. The minimum atomic E-state index is -3.28. The van der Waals surface area contributed by atoms with E-state index in [9.17, 15) is 12.8 Å². The Balaban J connectivity index is 1.46. The van der Waals surface area contributed by atoms with Gasteiger partial charge in [-0.1, -0.05) is 12.1 Å². The Bertz CT molecular complexity index is 885. The highest BCUT2D eigenvalue weighted by atomic mass is 32.2. The minimum absolute atomic E-state index is 0.0673. The van der Waals surface area contributed by atoms with Crippen LogP contribution < -0.4 is 0 Å². The summed E-state index contributed by atoms with van der Waals surface area (Å²) in [5, 5.41) is 8.11. The zero-order valence-electron chi connectivity index (χ0n) is 13.6. The van der Waals surface area contributed by atoms with Gasteiger partial charge in [-0.05, 0) is 30.0 Å². The highest BCUT2D eigenvalue weighted by molar-refractivity contribution is 7.88. The number of benzene rings is 1. The fourth-order valence-corrected chi connectivity index (χ4v) is 3.99. The van der Waals surface area contributed by atoms with Gasteiger partial charge >= 0.3 is 0 Å². The van der Waals surface area contributed by atoms with Crippen LogP contribution in [-0.2, 0) is 14.8 Å². The van der Waals surface area contributed by atoms with Gasteiger partial charge in [0.25, 0.3) is 0 Å². The number of sulfonamides is 1. The van der Waals surface area contributed by atoms with E-state index in [4.69, 9.17) is 9.15 Å². The lowest BCUT2D eigenvalue weighted by atomic mass is 10.1. The SMILES string of the molecule is CS(=O)(=O)N1CCO[C@H](c2nnc([C@H]3C[C@H]3c3cccc(F)c3)o2)C1. The smallest absolute Gasteiger partial charge is 0.246 e. The van der Waals surface area contributed by atoms with Gasteiger partial charge in [-0.3, -0.25) is 0 Å². The molecule has 3 atom stereocenters. The summed E-state index contributed by atoms with van der Waals surface area (Å²) in [6, 6.07) is 6.52. The Labute approximate surface area is 144 Å². The zero-order valence-corrected chi connectivity index (χ0v) is 14.4. The molecule has 0 radical (unpaired) electrons. The van der Waals surface area contributed by atoms with Crippen molar-refractivity contribution in [2.24, 2.45) is 0 Å². The molecular formula is C16H18FN3O4S. The van der Waals surface area contributed by atoms with Crippen LogP contribution in [0.2, 0.25) is 0 Å². The molecule has 0 N–H and O–H groups in total. The van der Waals surface area contributed by atoms with E-state index in [1.165, 1.54) is 22.7 Å². The summed E-state index contributed by atoms with van der Waals surface area (Å²) >= 11 is 0. The molecule has 1 aliphatic heterocycles. The van der Waals surface area contributed by atoms with E-state index in [-0.39, 0.29) is 36.7 Å². The van der Waals surface area contributed by atoms with Crippen LogP contribution in [0.1, 0.15) is 41.7 Å². The molecular weight excluding hydrogens is 349 g/mol. The molecule has 1 aliphatic carbocycles. The Morgan fingerprint density at radius 2 is 2.04 bits per heavy atom. The monoisotopic (exact) mass is 367 g/mol. The highest BCUT2D eigenvalue weighted by Gasteiger charge is 2.44. The van der Waals surface area contributed by atoms with E-state index in [0.717, 1.165) is 12.0 Å². The summed E-state index contributed by atoms with van der Waals surface area (Å²) in [5.41, 5.74) is 0.918. The molecule has 2 fully saturated rings. The van der Waals surface area contributed by atoms with E-state index in [2.05, 4.69) is 10.2 Å². The second-order valence-corrected chi connectivity index (χ2v) is 8.45. The van der Waals surface area contributed by atoms with Crippen LogP contribution in [0.5, 0.6) is 0 Å². The number of halogens is 1. The standard InChI is InChI=1S/C16H18FN3O4S/c1-25(21,22)20-5-6-23-14(9-20)16-19-18-15(24-16)13-8-12(13)10-3-2-4-11(17)7-10/h2-4,7,12-14H,5-6,8-9H2,1H3/t12-,13-,14-/m0/s1. The van der Waals surface area contributed by atoms with Crippen LogP contribution >= 0.6 is 0 Å². The second kappa shape index (κ2) is 6.15. The Kier molecular flexibility index (Phi) is 4.09. The van der Waals surface area contributed by atoms with Crippen LogP contribution in [0.4, 0.5) is 4.39 Å². The molecule has 1 saturated carbocycles. The van der Waals surface area contributed by atoms with Crippen molar-refractivity contribution >= 4 is 10.0 Å². The number of nitrogens with zero attached hydrogens (tertiary/aromatic N) is 3. The molecule has 2 heterocycles. The molecule has 2 aromatic rings. The third kappa shape index (κ3) is 3.44. The molecule has 4 rings (SSSR count). The summed E-state index contributed by atoms with van der Waals surface area (Å²) in [5.74, 6) is 0.755. The van der Waals surface area contributed by atoms with Gasteiger partial charge in [0.05, 0.1) is 12.9 Å². The fourth-order valence-electron chi connectivity index (χ4n) is 3.18. The molecule has 1 aromatic heterocycles. The van der Waals surface area contributed by atoms with Crippen LogP contribution in [0.3, 0.4) is 0 Å². The van der Waals surface area contributed by atoms with Crippen molar-refractivity contribution in [3.63, 3.8) is 0 Å². The van der Waals surface area contributed by atoms with Crippen molar-refractivity contribution in [3.05, 3.63) is 47.4 Å². The van der Waals surface area contributed by atoms with Crippen molar-refractivity contribution < 1.29 is 22.0 Å². The van der Waals surface area contributed by atoms with Crippen molar-refractivity contribution in [2.75, 3.05) is 26.0 Å². The van der Waals surface area contributed by atoms with Crippen LogP contribution in [0.25, 0.3) is 0 Å². The van der Waals surface area contributed by atoms with Crippen molar-refractivity contribution in [1.82, 2.24) is 14.5 Å². The van der Waals surface area contributed by atoms with Crippen LogP contribution in [0, 0.1) is 5.82 Å². The molecule has 0 bridgehead atoms. The number of hydrogen-bond acceptors (Lipinski definition) is 6. The quantitative estimate of drug-likeness (QED) is 0.819. The maximum absolute atomic E-state index is 13.3. The Morgan fingerprint density at radius 3 is 2.80 bits per heavy atom. The lowest BCUT2D eigenvalue weighted by molar-refractivity contribution is -0.0176. The number of rotatable bonds is 4. The van der Waals surface area contributed by atoms with Gasteiger partial charge in [0, 0.05) is 19.0 Å². The van der Waals surface area contributed by atoms with E-state index in [1.54, 1.807) is 6.07 Å². The molecule has 134 valence electrons. The predicted molar refractivity (Wildman–Crippen MR) is 85.9 cm³/mol. The average molecular weight is 367 g/mol. The van der Waals surface area contributed by atoms with Gasteiger partial charge in [-0.15, -0.1) is 10.2 Å². The number of aromatic nitrogens is 2. The minimum Gasteiger partial charge on any atom is -0.422 e. The number of ether oxygens (including phenoxy) is 1. The number of hydrogen-bond donors (Lipinski definition) is 0. The van der Waals surface area contributed by atoms with Gasteiger partial charge < -0.3 is 9.15 Å². The highest BCUT2D eigenvalue weighted by Crippen LogP contribution is 2.54. The Morgan fingerprint density at radius 1 is 1.24 bits per heavy atom. The topological polar surface area (TPSA) is 85.5 Å². The van der Waals surface area contributed by atoms with Gasteiger partial charge in [-0.2, -0.15) is 4.31 Å². The van der Waals surface area contributed by atoms with Crippen molar-refractivity contribution in [1.29, 1.82) is 0 Å². The summed E-state index contributed by atoms with van der Waals surface area (Å²) in [4.78, 5) is 0. The van der Waals surface area contributed by atoms with Crippen molar-refractivity contribution in [2.45, 2.75) is 24.4 Å². The molecule has 25 heavy (non-hydrogen) atoms. The first-order valence-corrected chi connectivity index (χ1v) is 9.92. The van der Waals surface area contributed by atoms with Gasteiger partial charge in [0.2, 0.25) is 21.8 Å². The van der Waals surface area contributed by atoms with Crippen LogP contribution in [-0.4, -0.2) is 48.9 Å². The van der Waals surface area contributed by atoms with Crippen LogP contribution in [0.15, 0.2) is 28.7 Å². The summed E-state index contributed by atoms with van der Waals surface area (Å²) < 4.78 is 49.4. The maximum Gasteiger partial charge on any atom is 0.246 e. The first kappa shape index (κ1) is 16.6. The first-order chi connectivity index (χ1) is 11.9. The Hall–Kier alpha value is -1.84. The predicted octanol–water partition coefficient (Wildman–Crippen LogP) is 1.81. The van der Waals surface area contributed by atoms with Gasteiger partial charge in [0.15, 0.2) is 0 Å². The molecule has 9 heteroatoms. The van der Waals surface area contributed by atoms with E-state index in [0.29, 0.717) is 12.4 Å². The lowest BCUT2D eigenvalue weighted by Gasteiger charge is -2.29.